The van der Waals surface area contributed by atoms with Crippen LogP contribution in [0.4, 0.5) is 27.8 Å². The number of nitrogens with zero attached hydrogens (tertiary/aromatic N) is 5. The maximum Gasteiger partial charge on any atom is 0.319 e. The van der Waals surface area contributed by atoms with Crippen LogP contribution in [0.5, 0.6) is 11.8 Å². The maximum atomic E-state index is 17.1. The number of piperidine rings is 1. The van der Waals surface area contributed by atoms with Crippen LogP contribution in [0, 0.1) is 34.8 Å². The van der Waals surface area contributed by atoms with Crippen LogP contribution in [-0.2, 0) is 4.74 Å². The van der Waals surface area contributed by atoms with E-state index >= 15 is 8.78 Å². The summed E-state index contributed by atoms with van der Waals surface area (Å²) in [6, 6.07) is 6.64. The van der Waals surface area contributed by atoms with Crippen LogP contribution >= 0.6 is 0 Å². The molecule has 4 heterocycles. The summed E-state index contributed by atoms with van der Waals surface area (Å²) < 4.78 is 91.5. The Morgan fingerprint density at radius 3 is 2.71 bits per heavy atom. The number of pyridine rings is 1. The normalized spacial score (nSPS) is 24.8. The van der Waals surface area contributed by atoms with Crippen molar-refractivity contribution >= 4 is 27.5 Å². The summed E-state index contributed by atoms with van der Waals surface area (Å²) in [7, 11) is 1.93. The summed E-state index contributed by atoms with van der Waals surface area (Å²) in [6.45, 7) is 4.07. The predicted molar refractivity (Wildman–Crippen MR) is 175 cm³/mol. The summed E-state index contributed by atoms with van der Waals surface area (Å²) in [4.78, 5) is 17.6. The molecule has 256 valence electrons. The van der Waals surface area contributed by atoms with Gasteiger partial charge in [0, 0.05) is 41.9 Å². The molecule has 1 aliphatic carbocycles. The first-order valence-electron chi connectivity index (χ1n) is 16.0. The minimum Gasteiger partial charge on any atom is -0.462 e. The van der Waals surface area contributed by atoms with Gasteiger partial charge in [0.15, 0.2) is 17.4 Å². The Hall–Kier alpha value is -4.54. The molecular formula is C36H34F5N5O3. The predicted octanol–water partition coefficient (Wildman–Crippen LogP) is 6.55. The number of fused-ring (bicyclic) bond motifs is 3. The Morgan fingerprint density at radius 2 is 1.94 bits per heavy atom. The Balaban J connectivity index is 1.46. The zero-order valence-corrected chi connectivity index (χ0v) is 27.2. The van der Waals surface area contributed by atoms with Gasteiger partial charge in [-0.3, -0.25) is 0 Å². The molecule has 4 atom stereocenters. The highest BCUT2D eigenvalue weighted by atomic mass is 19.1. The van der Waals surface area contributed by atoms with Crippen LogP contribution in [0.15, 0.2) is 42.2 Å². The van der Waals surface area contributed by atoms with E-state index in [0.717, 1.165) is 6.07 Å². The van der Waals surface area contributed by atoms with Gasteiger partial charge in [0.05, 0.1) is 31.0 Å². The highest BCUT2D eigenvalue weighted by Gasteiger charge is 2.56. The SMILES string of the molecule is CC#Cc1nc(-c2cccc3ccc(F)c(OCF)c23)c(F)c2nc(OC[C@]3(C)CN(C)CC/C3=C\F)nc(N3CCOC[C@H]4[C@H](F)[C@H]43)c12. The van der Waals surface area contributed by atoms with Crippen molar-refractivity contribution in [1.29, 1.82) is 0 Å². The highest BCUT2D eigenvalue weighted by molar-refractivity contribution is 6.03. The smallest absolute Gasteiger partial charge is 0.319 e. The number of hydrogen-bond acceptors (Lipinski definition) is 8. The van der Waals surface area contributed by atoms with Gasteiger partial charge in [-0.05, 0) is 43.3 Å². The number of aromatic nitrogens is 3. The van der Waals surface area contributed by atoms with Crippen LogP contribution in [-0.4, -0.2) is 85.4 Å². The molecule has 0 N–H and O–H groups in total. The molecule has 2 saturated heterocycles. The first kappa shape index (κ1) is 33.0. The van der Waals surface area contributed by atoms with E-state index in [1.54, 1.807) is 24.0 Å². The second kappa shape index (κ2) is 13.1. The van der Waals surface area contributed by atoms with Crippen molar-refractivity contribution in [2.24, 2.45) is 11.3 Å². The molecule has 0 unspecified atom stereocenters. The zero-order chi connectivity index (χ0) is 34.4. The molecule has 2 aromatic carbocycles. The van der Waals surface area contributed by atoms with Crippen LogP contribution in [0.3, 0.4) is 0 Å². The zero-order valence-electron chi connectivity index (χ0n) is 27.2. The molecule has 0 amide bonds. The lowest BCUT2D eigenvalue weighted by molar-refractivity contribution is 0.109. The van der Waals surface area contributed by atoms with Crippen molar-refractivity contribution in [1.82, 2.24) is 19.9 Å². The first-order valence-corrected chi connectivity index (χ1v) is 16.0. The molecule has 8 nitrogen and oxygen atoms in total. The third-order valence-corrected chi connectivity index (χ3v) is 9.65. The quantitative estimate of drug-likeness (QED) is 0.161. The topological polar surface area (TPSA) is 72.8 Å². The van der Waals surface area contributed by atoms with E-state index in [4.69, 9.17) is 19.2 Å². The molecule has 2 aliphatic heterocycles. The number of anilines is 1. The Kier molecular flexibility index (Phi) is 8.79. The molecule has 7 rings (SSSR count). The number of likely N-dealkylation sites (tertiary alicyclic amines) is 1. The number of halogens is 5. The average molecular weight is 680 g/mol. The standard InChI is InChI=1S/C36H34F5N5O3/c1-4-6-25-27-31(29(41)30(42-25)22-8-5-7-20-9-10-24(39)33(26(20)22)49-19-38)43-35(48-18-36(2)17-45(3)12-11-21(36)15-37)44-34(27)46-13-14-47-16-23-28(40)32(23)46/h5,7-10,15,23,28,32H,11-14,16-19H2,1-3H3/b21-15+/t23-,28-,32-,36-/m0/s1. The van der Waals surface area contributed by atoms with E-state index in [2.05, 4.69) is 26.7 Å². The second-order valence-electron chi connectivity index (χ2n) is 12.9. The molecule has 2 aromatic heterocycles. The average Bonchev–Trinajstić information content (AvgIpc) is 3.79. The van der Waals surface area contributed by atoms with Crippen molar-refractivity contribution in [3.8, 4) is 34.9 Å². The van der Waals surface area contributed by atoms with Gasteiger partial charge in [-0.1, -0.05) is 37.1 Å². The van der Waals surface area contributed by atoms with Crippen LogP contribution in [0.2, 0.25) is 0 Å². The largest absolute Gasteiger partial charge is 0.462 e. The van der Waals surface area contributed by atoms with Gasteiger partial charge in [0.2, 0.25) is 6.86 Å². The lowest BCUT2D eigenvalue weighted by Crippen LogP contribution is -2.44. The van der Waals surface area contributed by atoms with Crippen molar-refractivity contribution in [2.45, 2.75) is 32.5 Å². The van der Waals surface area contributed by atoms with Crippen LogP contribution in [0.25, 0.3) is 32.9 Å². The number of rotatable bonds is 7. The van der Waals surface area contributed by atoms with Gasteiger partial charge in [0.25, 0.3) is 0 Å². The van der Waals surface area contributed by atoms with Gasteiger partial charge in [0.1, 0.15) is 35.5 Å². The Bertz CT molecular complexity index is 2030. The van der Waals surface area contributed by atoms with E-state index < -0.39 is 47.8 Å². The van der Waals surface area contributed by atoms with Gasteiger partial charge >= 0.3 is 6.01 Å². The monoisotopic (exact) mass is 679 g/mol. The third kappa shape index (κ3) is 5.80. The van der Waals surface area contributed by atoms with E-state index in [-0.39, 0.29) is 71.4 Å². The second-order valence-corrected chi connectivity index (χ2v) is 12.9. The number of hydrogen-bond donors (Lipinski definition) is 0. The lowest BCUT2D eigenvalue weighted by atomic mass is 9.78. The fourth-order valence-corrected chi connectivity index (χ4v) is 7.13. The summed E-state index contributed by atoms with van der Waals surface area (Å²) in [6.07, 6.45) is -0.0786. The van der Waals surface area contributed by atoms with Crippen molar-refractivity contribution in [3.63, 3.8) is 0 Å². The third-order valence-electron chi connectivity index (χ3n) is 9.65. The van der Waals surface area contributed by atoms with Gasteiger partial charge in [-0.25, -0.2) is 26.9 Å². The fourth-order valence-electron chi connectivity index (χ4n) is 7.13. The number of alkyl halides is 2. The molecule has 0 spiro atoms. The molecule has 3 aliphatic rings. The summed E-state index contributed by atoms with van der Waals surface area (Å²) in [5.74, 6) is 3.38. The summed E-state index contributed by atoms with van der Waals surface area (Å²) >= 11 is 0. The van der Waals surface area contributed by atoms with E-state index in [0.29, 0.717) is 36.8 Å². The highest BCUT2D eigenvalue weighted by Crippen LogP contribution is 2.46. The van der Waals surface area contributed by atoms with E-state index in [1.165, 1.54) is 12.1 Å². The summed E-state index contributed by atoms with van der Waals surface area (Å²) in [5.41, 5.74) is -0.400. The van der Waals surface area contributed by atoms with Crippen molar-refractivity contribution < 1.29 is 36.2 Å². The van der Waals surface area contributed by atoms with Crippen molar-refractivity contribution in [3.05, 3.63) is 59.6 Å². The molecular weight excluding hydrogens is 645 g/mol. The minimum atomic E-state index is -1.31. The molecule has 1 saturated carbocycles. The van der Waals surface area contributed by atoms with Gasteiger partial charge in [-0.2, -0.15) is 9.97 Å². The lowest BCUT2D eigenvalue weighted by Gasteiger charge is -2.40. The molecule has 49 heavy (non-hydrogen) atoms. The number of benzene rings is 2. The molecule has 4 aromatic rings. The number of ether oxygens (including phenoxy) is 3. The van der Waals surface area contributed by atoms with Gasteiger partial charge < -0.3 is 24.0 Å². The molecule has 3 fully saturated rings. The molecule has 13 heteroatoms. The van der Waals surface area contributed by atoms with Crippen LogP contribution < -0.4 is 14.4 Å². The maximum absolute atomic E-state index is 17.1. The van der Waals surface area contributed by atoms with Gasteiger partial charge in [-0.15, -0.1) is 0 Å². The summed E-state index contributed by atoms with van der Waals surface area (Å²) in [5, 5.41) is 0.708. The van der Waals surface area contributed by atoms with Crippen molar-refractivity contribution in [2.75, 3.05) is 58.3 Å². The Morgan fingerprint density at radius 1 is 1.10 bits per heavy atom. The van der Waals surface area contributed by atoms with Crippen LogP contribution in [0.1, 0.15) is 26.0 Å². The Labute approximate surface area is 279 Å². The van der Waals surface area contributed by atoms with E-state index in [1.807, 2.05) is 14.0 Å². The molecule has 0 bridgehead atoms. The first-order chi connectivity index (χ1) is 23.7. The fraction of sp³-hybridized carbons (Fsp3) is 0.417. The minimum absolute atomic E-state index is 0.0212. The molecule has 0 radical (unpaired) electrons. The van der Waals surface area contributed by atoms with E-state index in [9.17, 15) is 13.2 Å².